The number of hydrogen-bond donors (Lipinski definition) is 2. The third-order valence-corrected chi connectivity index (χ3v) is 6.25. The van der Waals surface area contributed by atoms with Crippen molar-refractivity contribution in [2.45, 2.75) is 0 Å². The monoisotopic (exact) mass is 374 g/mol. The van der Waals surface area contributed by atoms with Crippen molar-refractivity contribution in [3.8, 4) is 39.5 Å². The van der Waals surface area contributed by atoms with Gasteiger partial charge in [-0.05, 0) is 40.6 Å². The molecule has 1 heterocycles. The minimum atomic E-state index is -2.56. The molecule has 5 heteroatoms. The lowest BCUT2D eigenvalue weighted by Gasteiger charge is -2.23. The summed E-state index contributed by atoms with van der Waals surface area (Å²) in [4.78, 5) is 0. The number of rotatable bonds is 1. The zero-order valence-electron chi connectivity index (χ0n) is 14.1. The van der Waals surface area contributed by atoms with E-state index in [2.05, 4.69) is 0 Å². The van der Waals surface area contributed by atoms with Gasteiger partial charge in [-0.2, -0.15) is 0 Å². The van der Waals surface area contributed by atoms with Crippen LogP contribution in [0.2, 0.25) is 0 Å². The molecule has 0 radical (unpaired) electrons. The predicted molar refractivity (Wildman–Crippen MR) is 107 cm³/mol. The number of phenols is 2. The molecule has 0 saturated carbocycles. The standard InChI is InChI=1S/C22H15O4P/c23-14-10-8-13-9-11-19(24)21(18(13)12-14)17-6-3-5-16-15-4-1-2-7-20(15)26-27(25)22(16)17/h1-12,23-24,27H. The second-order valence-electron chi connectivity index (χ2n) is 6.48. The van der Waals surface area contributed by atoms with Gasteiger partial charge in [-0.3, -0.25) is 4.57 Å². The summed E-state index contributed by atoms with van der Waals surface area (Å²) in [6.07, 6.45) is 0. The molecule has 4 nitrogen and oxygen atoms in total. The molecule has 0 aliphatic carbocycles. The maximum atomic E-state index is 13.0. The molecule has 1 atom stereocenters. The maximum absolute atomic E-state index is 13.0. The summed E-state index contributed by atoms with van der Waals surface area (Å²) in [5.41, 5.74) is 2.91. The van der Waals surface area contributed by atoms with Gasteiger partial charge >= 0.3 is 0 Å². The van der Waals surface area contributed by atoms with Gasteiger partial charge in [0.05, 0.1) is 5.30 Å². The number of phenolic OH excluding ortho intramolecular Hbond substituents is 2. The molecule has 132 valence electrons. The highest BCUT2D eigenvalue weighted by Gasteiger charge is 2.27. The summed E-state index contributed by atoms with van der Waals surface area (Å²) in [6.45, 7) is 0. The molecule has 27 heavy (non-hydrogen) atoms. The summed E-state index contributed by atoms with van der Waals surface area (Å²) < 4.78 is 18.7. The van der Waals surface area contributed by atoms with Crippen molar-refractivity contribution in [3.05, 3.63) is 72.8 Å². The van der Waals surface area contributed by atoms with Crippen LogP contribution >= 0.6 is 8.03 Å². The van der Waals surface area contributed by atoms with Gasteiger partial charge in [0.2, 0.25) is 0 Å². The van der Waals surface area contributed by atoms with Crippen LogP contribution in [-0.4, -0.2) is 10.2 Å². The Morgan fingerprint density at radius 2 is 1.52 bits per heavy atom. The molecule has 2 N–H and O–H groups in total. The van der Waals surface area contributed by atoms with Crippen molar-refractivity contribution in [3.63, 3.8) is 0 Å². The fourth-order valence-electron chi connectivity index (χ4n) is 3.71. The van der Waals surface area contributed by atoms with Crippen LogP contribution in [0, 0.1) is 0 Å². The van der Waals surface area contributed by atoms with E-state index < -0.39 is 8.03 Å². The SMILES string of the molecule is O=[PH]1Oc2ccccc2-c2cccc(-c3c(O)ccc4ccc(O)cc34)c21. The highest BCUT2D eigenvalue weighted by Crippen LogP contribution is 2.47. The molecule has 5 rings (SSSR count). The Morgan fingerprint density at radius 1 is 0.778 bits per heavy atom. The second kappa shape index (κ2) is 5.90. The van der Waals surface area contributed by atoms with Crippen molar-refractivity contribution in [1.82, 2.24) is 0 Å². The average molecular weight is 374 g/mol. The number of hydrogen-bond acceptors (Lipinski definition) is 4. The molecule has 1 unspecified atom stereocenters. The molecular weight excluding hydrogens is 359 g/mol. The lowest BCUT2D eigenvalue weighted by molar-refractivity contribution is 0.475. The highest BCUT2D eigenvalue weighted by molar-refractivity contribution is 7.49. The first-order valence-corrected chi connectivity index (χ1v) is 9.85. The third kappa shape index (κ3) is 2.42. The normalized spacial score (nSPS) is 15.0. The molecule has 0 spiro atoms. The van der Waals surface area contributed by atoms with E-state index in [1.165, 1.54) is 0 Å². The molecule has 0 amide bonds. The molecule has 4 aromatic carbocycles. The summed E-state index contributed by atoms with van der Waals surface area (Å²) in [6, 6.07) is 21.5. The minimum absolute atomic E-state index is 0.0650. The Labute approximate surface area is 156 Å². The van der Waals surface area contributed by atoms with E-state index in [1.807, 2.05) is 36.4 Å². The van der Waals surface area contributed by atoms with Gasteiger partial charge in [-0.15, -0.1) is 0 Å². The maximum Gasteiger partial charge on any atom is 0.267 e. The summed E-state index contributed by atoms with van der Waals surface area (Å²) in [5, 5.41) is 22.7. The van der Waals surface area contributed by atoms with Crippen LogP contribution in [0.25, 0.3) is 33.0 Å². The van der Waals surface area contributed by atoms with Crippen molar-refractivity contribution < 1.29 is 19.3 Å². The Balaban J connectivity index is 1.88. The number of aromatic hydroxyl groups is 2. The number of benzene rings is 4. The summed E-state index contributed by atoms with van der Waals surface area (Å²) >= 11 is 0. The van der Waals surface area contributed by atoms with Crippen LogP contribution in [0.4, 0.5) is 0 Å². The van der Waals surface area contributed by atoms with Crippen molar-refractivity contribution in [2.75, 3.05) is 0 Å². The van der Waals surface area contributed by atoms with Crippen LogP contribution in [0.5, 0.6) is 17.2 Å². The minimum Gasteiger partial charge on any atom is -0.508 e. The Bertz CT molecular complexity index is 1240. The number of fused-ring (bicyclic) bond motifs is 4. The van der Waals surface area contributed by atoms with Crippen molar-refractivity contribution >= 4 is 24.1 Å². The Hall–Kier alpha value is -3.23. The van der Waals surface area contributed by atoms with Crippen molar-refractivity contribution in [1.29, 1.82) is 0 Å². The van der Waals surface area contributed by atoms with E-state index in [0.717, 1.165) is 16.5 Å². The first-order chi connectivity index (χ1) is 13.1. The van der Waals surface area contributed by atoms with Gasteiger partial charge in [0.1, 0.15) is 17.2 Å². The summed E-state index contributed by atoms with van der Waals surface area (Å²) in [5.74, 6) is 0.773. The van der Waals surface area contributed by atoms with Crippen LogP contribution in [0.1, 0.15) is 0 Å². The van der Waals surface area contributed by atoms with Crippen LogP contribution in [0.15, 0.2) is 72.8 Å². The average Bonchev–Trinajstić information content (AvgIpc) is 2.67. The fraction of sp³-hybridized carbons (Fsp3) is 0. The highest BCUT2D eigenvalue weighted by atomic mass is 31.1. The smallest absolute Gasteiger partial charge is 0.267 e. The molecule has 0 bridgehead atoms. The molecular formula is C22H15O4P. The van der Waals surface area contributed by atoms with Gasteiger partial charge in [-0.25, -0.2) is 0 Å². The zero-order chi connectivity index (χ0) is 18.5. The van der Waals surface area contributed by atoms with Gasteiger partial charge < -0.3 is 14.7 Å². The second-order valence-corrected chi connectivity index (χ2v) is 7.76. The first-order valence-electron chi connectivity index (χ1n) is 8.53. The Kier molecular flexibility index (Phi) is 3.49. The van der Waals surface area contributed by atoms with E-state index >= 15 is 0 Å². The third-order valence-electron chi connectivity index (χ3n) is 4.90. The molecule has 0 saturated heterocycles. The lowest BCUT2D eigenvalue weighted by atomic mass is 9.93. The van der Waals surface area contributed by atoms with Gasteiger partial charge in [0.15, 0.2) is 0 Å². The van der Waals surface area contributed by atoms with E-state index in [4.69, 9.17) is 4.52 Å². The van der Waals surface area contributed by atoms with E-state index in [-0.39, 0.29) is 11.5 Å². The number of para-hydroxylation sites is 1. The topological polar surface area (TPSA) is 66.8 Å². The van der Waals surface area contributed by atoms with Crippen LogP contribution in [0.3, 0.4) is 0 Å². The molecule has 1 aliphatic rings. The lowest BCUT2D eigenvalue weighted by Crippen LogP contribution is -2.13. The predicted octanol–water partition coefficient (Wildman–Crippen LogP) is 5.08. The van der Waals surface area contributed by atoms with Crippen molar-refractivity contribution in [2.24, 2.45) is 0 Å². The van der Waals surface area contributed by atoms with Gasteiger partial charge in [-0.1, -0.05) is 48.5 Å². The van der Waals surface area contributed by atoms with Gasteiger partial charge in [0, 0.05) is 16.7 Å². The molecule has 4 aromatic rings. The fourth-order valence-corrected chi connectivity index (χ4v) is 5.06. The van der Waals surface area contributed by atoms with E-state index in [0.29, 0.717) is 27.6 Å². The van der Waals surface area contributed by atoms with E-state index in [1.54, 1.807) is 36.4 Å². The molecule has 0 fully saturated rings. The largest absolute Gasteiger partial charge is 0.508 e. The van der Waals surface area contributed by atoms with Crippen LogP contribution in [-0.2, 0) is 4.57 Å². The molecule has 1 aliphatic heterocycles. The quantitative estimate of drug-likeness (QED) is 0.456. The van der Waals surface area contributed by atoms with E-state index in [9.17, 15) is 14.8 Å². The van der Waals surface area contributed by atoms with Crippen LogP contribution < -0.4 is 9.83 Å². The van der Waals surface area contributed by atoms with Gasteiger partial charge in [0.25, 0.3) is 8.03 Å². The summed E-state index contributed by atoms with van der Waals surface area (Å²) in [7, 11) is -2.56. The molecule has 0 aromatic heterocycles. The first kappa shape index (κ1) is 16.0. The zero-order valence-corrected chi connectivity index (χ0v) is 15.1. The Morgan fingerprint density at radius 3 is 2.41 bits per heavy atom.